The summed E-state index contributed by atoms with van der Waals surface area (Å²) in [5, 5.41) is 39.8. The quantitative estimate of drug-likeness (QED) is 0.103. The summed E-state index contributed by atoms with van der Waals surface area (Å²) < 4.78 is 38.3. The van der Waals surface area contributed by atoms with Crippen LogP contribution in [0.2, 0.25) is 0 Å². The second-order valence-corrected chi connectivity index (χ2v) is 14.2. The molecular weight excluding hydrogens is 611 g/mol. The van der Waals surface area contributed by atoms with Crippen LogP contribution >= 0.6 is 0 Å². The third-order valence-corrected chi connectivity index (χ3v) is 9.46. The van der Waals surface area contributed by atoms with Gasteiger partial charge in [0.15, 0.2) is 0 Å². The predicted molar refractivity (Wildman–Crippen MR) is 175 cm³/mol. The number of hydrogen-bond donors (Lipinski definition) is 5. The number of benzene rings is 3. The van der Waals surface area contributed by atoms with E-state index in [1.165, 1.54) is 12.1 Å². The summed E-state index contributed by atoms with van der Waals surface area (Å²) in [5.41, 5.74) is 2.79. The molecule has 1 aliphatic rings. The van der Waals surface area contributed by atoms with Crippen molar-refractivity contribution in [1.29, 1.82) is 0 Å². The zero-order valence-electron chi connectivity index (χ0n) is 26.2. The summed E-state index contributed by atoms with van der Waals surface area (Å²) in [6.07, 6.45) is 5.14. The molecule has 1 heterocycles. The number of halogens is 1. The minimum absolute atomic E-state index is 0.0394. The molecule has 0 bridgehead atoms. The Bertz CT molecular complexity index is 1510. The normalized spacial score (nSPS) is 17.6. The number of sulfonamides is 1. The van der Waals surface area contributed by atoms with Crippen molar-refractivity contribution in [2.24, 2.45) is 5.92 Å². The van der Waals surface area contributed by atoms with Crippen LogP contribution in [-0.2, 0) is 27.7 Å². The minimum Gasteiger partial charge on any atom is -0.393 e. The second kappa shape index (κ2) is 16.1. The first-order chi connectivity index (χ1) is 21.9. The fourth-order valence-corrected chi connectivity index (χ4v) is 6.38. The van der Waals surface area contributed by atoms with Crippen LogP contribution in [0.15, 0.2) is 72.8 Å². The maximum absolute atomic E-state index is 13.6. The second-order valence-electron chi connectivity index (χ2n) is 12.3. The van der Waals surface area contributed by atoms with Gasteiger partial charge in [-0.15, -0.1) is 0 Å². The highest BCUT2D eigenvalue weighted by molar-refractivity contribution is 7.88. The van der Waals surface area contributed by atoms with Crippen LogP contribution in [0.3, 0.4) is 0 Å². The molecule has 0 aliphatic carbocycles. The lowest BCUT2D eigenvalue weighted by atomic mass is 9.78. The van der Waals surface area contributed by atoms with Crippen molar-refractivity contribution < 1.29 is 38.0 Å². The molecule has 46 heavy (non-hydrogen) atoms. The van der Waals surface area contributed by atoms with E-state index in [9.17, 15) is 38.0 Å². The van der Waals surface area contributed by atoms with Gasteiger partial charge in [0.05, 0.1) is 37.5 Å². The van der Waals surface area contributed by atoms with Crippen molar-refractivity contribution in [1.82, 2.24) is 4.72 Å². The van der Waals surface area contributed by atoms with E-state index in [0.29, 0.717) is 31.4 Å². The molecule has 0 spiro atoms. The Morgan fingerprint density at radius 1 is 0.891 bits per heavy atom. The van der Waals surface area contributed by atoms with Gasteiger partial charge in [-0.05, 0) is 91.5 Å². The summed E-state index contributed by atoms with van der Waals surface area (Å²) in [5.74, 6) is -0.785. The van der Waals surface area contributed by atoms with E-state index in [1.54, 1.807) is 17.0 Å². The van der Waals surface area contributed by atoms with Gasteiger partial charge in [0, 0.05) is 12.2 Å². The molecule has 3 aromatic carbocycles. The average molecular weight is 657 g/mol. The largest absolute Gasteiger partial charge is 0.393 e. The van der Waals surface area contributed by atoms with Crippen LogP contribution in [0.4, 0.5) is 10.1 Å². The van der Waals surface area contributed by atoms with Gasteiger partial charge in [-0.25, -0.2) is 17.5 Å². The molecule has 0 radical (unpaired) electrons. The molecule has 1 saturated heterocycles. The lowest BCUT2D eigenvalue weighted by Crippen LogP contribution is -2.55. The summed E-state index contributed by atoms with van der Waals surface area (Å²) in [6.45, 7) is -0.644. The lowest BCUT2D eigenvalue weighted by molar-refractivity contribution is -0.131. The first kappa shape index (κ1) is 35.7. The number of rotatable bonds is 18. The van der Waals surface area contributed by atoms with Crippen LogP contribution in [-0.4, -0.2) is 66.4 Å². The Hall–Kier alpha value is -3.19. The molecule has 0 saturated carbocycles. The molecule has 11 heteroatoms. The highest BCUT2D eigenvalue weighted by atomic mass is 32.2. The van der Waals surface area contributed by atoms with Gasteiger partial charge in [-0.3, -0.25) is 4.79 Å². The van der Waals surface area contributed by atoms with Crippen molar-refractivity contribution in [3.63, 3.8) is 0 Å². The van der Waals surface area contributed by atoms with E-state index in [4.69, 9.17) is 0 Å². The van der Waals surface area contributed by atoms with E-state index in [2.05, 4.69) is 4.72 Å². The van der Waals surface area contributed by atoms with Gasteiger partial charge in [-0.2, -0.15) is 0 Å². The third kappa shape index (κ3) is 9.66. The number of nitrogens with zero attached hydrogens (tertiary/aromatic N) is 1. The monoisotopic (exact) mass is 656 g/mol. The van der Waals surface area contributed by atoms with Crippen molar-refractivity contribution in [3.8, 4) is 0 Å². The number of carbonyl (C=O) groups excluding carboxylic acids is 1. The highest BCUT2D eigenvalue weighted by Gasteiger charge is 2.48. The minimum atomic E-state index is -3.17. The molecule has 1 aliphatic heterocycles. The zero-order chi connectivity index (χ0) is 33.3. The number of aliphatic hydroxyl groups is 4. The summed E-state index contributed by atoms with van der Waals surface area (Å²) in [7, 11) is -3.17. The number of anilines is 1. The molecule has 1 fully saturated rings. The Kier molecular flexibility index (Phi) is 12.5. The van der Waals surface area contributed by atoms with Gasteiger partial charge in [0.25, 0.3) is 0 Å². The molecule has 3 aromatic rings. The maximum Gasteiger partial charge on any atom is 0.233 e. The molecule has 5 N–H and O–H groups in total. The highest BCUT2D eigenvalue weighted by Crippen LogP contribution is 2.46. The van der Waals surface area contributed by atoms with Crippen molar-refractivity contribution in [3.05, 3.63) is 101 Å². The lowest BCUT2D eigenvalue weighted by Gasteiger charge is -2.48. The van der Waals surface area contributed by atoms with Crippen LogP contribution in [0.5, 0.6) is 0 Å². The maximum atomic E-state index is 13.6. The van der Waals surface area contributed by atoms with Gasteiger partial charge in [0.1, 0.15) is 11.4 Å². The van der Waals surface area contributed by atoms with E-state index in [-0.39, 0.29) is 30.1 Å². The summed E-state index contributed by atoms with van der Waals surface area (Å²) >= 11 is 0. The molecule has 1 amide bonds. The van der Waals surface area contributed by atoms with Crippen molar-refractivity contribution in [2.45, 2.75) is 69.1 Å². The number of amides is 1. The topological polar surface area (TPSA) is 147 Å². The van der Waals surface area contributed by atoms with Crippen LogP contribution < -0.4 is 9.62 Å². The number of aliphatic hydroxyl groups excluding tert-OH is 3. The standard InChI is InChI=1S/C35H45FN2O7S/c1-46(44,45)37-22-4-2-3-5-25-8-16-30(17-9-25)38-33(28-10-6-26(7-11-28)20-21-35(43,23-39)24-40)31(34(38)42)18-19-32(41)27-12-14-29(36)15-13-27/h6-17,31-33,37,39-41,43H,2-5,18-24H2,1H3/t31-,32+,33-/m1/s1. The SMILES string of the molecule is CS(=O)(=O)NCCCCCc1ccc(N2C(=O)[C@H](CC[C@H](O)c3ccc(F)cc3)[C@H]2c2ccc(CCC(O)(CO)CO)cc2)cc1. The zero-order valence-corrected chi connectivity index (χ0v) is 27.0. The number of unbranched alkanes of at least 4 members (excludes halogenated alkanes) is 2. The Balaban J connectivity index is 1.44. The average Bonchev–Trinajstić information content (AvgIpc) is 3.04. The smallest absolute Gasteiger partial charge is 0.233 e. The van der Waals surface area contributed by atoms with Crippen molar-refractivity contribution >= 4 is 21.6 Å². The first-order valence-corrected chi connectivity index (χ1v) is 17.7. The summed E-state index contributed by atoms with van der Waals surface area (Å²) in [4.78, 5) is 15.4. The van der Waals surface area contributed by atoms with Crippen molar-refractivity contribution in [2.75, 3.05) is 30.9 Å². The summed E-state index contributed by atoms with van der Waals surface area (Å²) in [6, 6.07) is 21.1. The molecule has 9 nitrogen and oxygen atoms in total. The third-order valence-electron chi connectivity index (χ3n) is 8.73. The molecule has 0 unspecified atom stereocenters. The van der Waals surface area contributed by atoms with E-state index in [0.717, 1.165) is 54.3 Å². The van der Waals surface area contributed by atoms with Crippen LogP contribution in [0.1, 0.15) is 72.9 Å². The molecule has 3 atom stereocenters. The predicted octanol–water partition coefficient (Wildman–Crippen LogP) is 3.95. The number of carbonyl (C=O) groups is 1. The fraction of sp³-hybridized carbons (Fsp3) is 0.457. The van der Waals surface area contributed by atoms with Crippen LogP contribution in [0, 0.1) is 11.7 Å². The van der Waals surface area contributed by atoms with Gasteiger partial charge < -0.3 is 25.3 Å². The van der Waals surface area contributed by atoms with E-state index >= 15 is 0 Å². The van der Waals surface area contributed by atoms with E-state index < -0.39 is 34.9 Å². The molecule has 4 rings (SSSR count). The molecular formula is C35H45FN2O7S. The number of aryl methyl sites for hydroxylation is 2. The Labute approximate surface area is 270 Å². The first-order valence-electron chi connectivity index (χ1n) is 15.8. The Morgan fingerprint density at radius 3 is 2.11 bits per heavy atom. The number of hydrogen-bond acceptors (Lipinski definition) is 7. The van der Waals surface area contributed by atoms with Gasteiger partial charge in [-0.1, -0.05) is 55.0 Å². The van der Waals surface area contributed by atoms with Gasteiger partial charge in [0.2, 0.25) is 15.9 Å². The Morgan fingerprint density at radius 2 is 1.50 bits per heavy atom. The number of nitrogens with one attached hydrogen (secondary N) is 1. The molecule has 250 valence electrons. The van der Waals surface area contributed by atoms with Crippen LogP contribution in [0.25, 0.3) is 0 Å². The van der Waals surface area contributed by atoms with Gasteiger partial charge >= 0.3 is 0 Å². The van der Waals surface area contributed by atoms with E-state index in [1.807, 2.05) is 48.5 Å². The fourth-order valence-electron chi connectivity index (χ4n) is 5.87. The molecule has 0 aromatic heterocycles. The number of β-lactam (4-membered cyclic amide) rings is 1.